The van der Waals surface area contributed by atoms with Crippen LogP contribution in [0.5, 0.6) is 0 Å². The molecule has 102 valence electrons. The number of fused-ring (bicyclic) bond motifs is 1. The summed E-state index contributed by atoms with van der Waals surface area (Å²) in [5.74, 6) is -10.3. The fourth-order valence-corrected chi connectivity index (χ4v) is 1.93. The second-order valence-electron chi connectivity index (χ2n) is 4.62. The van der Waals surface area contributed by atoms with Crippen LogP contribution in [0.3, 0.4) is 0 Å². The van der Waals surface area contributed by atoms with Crippen molar-refractivity contribution in [1.29, 1.82) is 0 Å². The highest BCUT2D eigenvalue weighted by molar-refractivity contribution is 6.21. The van der Waals surface area contributed by atoms with Crippen LogP contribution in [0, 0.1) is 29.2 Å². The SMILES string of the molecule is CC(C)CN1C(=O)c2c(F)c(F)c(F)c(F)c2C1=O. The maximum absolute atomic E-state index is 13.5. The summed E-state index contributed by atoms with van der Waals surface area (Å²) >= 11 is 0. The van der Waals surface area contributed by atoms with E-state index in [-0.39, 0.29) is 12.5 Å². The van der Waals surface area contributed by atoms with Gasteiger partial charge in [-0.05, 0) is 5.92 Å². The molecule has 19 heavy (non-hydrogen) atoms. The Bertz CT molecular complexity index is 551. The van der Waals surface area contributed by atoms with Crippen LogP contribution in [-0.2, 0) is 0 Å². The molecule has 1 aliphatic rings. The summed E-state index contributed by atoms with van der Waals surface area (Å²) in [6.45, 7) is 3.27. The molecule has 0 unspecified atom stereocenters. The fraction of sp³-hybridized carbons (Fsp3) is 0.333. The van der Waals surface area contributed by atoms with Gasteiger partial charge in [0.15, 0.2) is 23.3 Å². The van der Waals surface area contributed by atoms with Crippen molar-refractivity contribution in [3.63, 3.8) is 0 Å². The Balaban J connectivity index is 2.66. The first-order valence-electron chi connectivity index (χ1n) is 5.49. The van der Waals surface area contributed by atoms with Gasteiger partial charge in [-0.3, -0.25) is 14.5 Å². The summed E-state index contributed by atoms with van der Waals surface area (Å²) in [6, 6.07) is 0. The van der Waals surface area contributed by atoms with Gasteiger partial charge in [-0.15, -0.1) is 0 Å². The number of nitrogens with zero attached hydrogens (tertiary/aromatic N) is 1. The van der Waals surface area contributed by atoms with Crippen molar-refractivity contribution in [3.8, 4) is 0 Å². The van der Waals surface area contributed by atoms with E-state index in [0.717, 1.165) is 0 Å². The molecule has 1 aliphatic heterocycles. The van der Waals surface area contributed by atoms with Gasteiger partial charge in [-0.1, -0.05) is 13.8 Å². The number of hydrogen-bond acceptors (Lipinski definition) is 2. The van der Waals surface area contributed by atoms with Crippen LogP contribution in [0.15, 0.2) is 0 Å². The predicted molar refractivity (Wildman–Crippen MR) is 56.5 cm³/mol. The van der Waals surface area contributed by atoms with Crippen molar-refractivity contribution in [1.82, 2.24) is 4.90 Å². The van der Waals surface area contributed by atoms with Gasteiger partial charge in [0.1, 0.15) is 0 Å². The number of halogens is 4. The summed E-state index contributed by atoms with van der Waals surface area (Å²) in [7, 11) is 0. The highest BCUT2D eigenvalue weighted by atomic mass is 19.2. The monoisotopic (exact) mass is 275 g/mol. The molecule has 0 spiro atoms. The molecule has 2 amide bonds. The molecule has 7 heteroatoms. The van der Waals surface area contributed by atoms with Crippen LogP contribution < -0.4 is 0 Å². The zero-order chi connectivity index (χ0) is 14.5. The van der Waals surface area contributed by atoms with E-state index >= 15 is 0 Å². The molecule has 0 aliphatic carbocycles. The molecule has 1 aromatic carbocycles. The summed E-state index contributed by atoms with van der Waals surface area (Å²) in [6.07, 6.45) is 0. The molecule has 0 radical (unpaired) electrons. The Kier molecular flexibility index (Phi) is 3.07. The van der Waals surface area contributed by atoms with Gasteiger partial charge in [0, 0.05) is 6.54 Å². The van der Waals surface area contributed by atoms with E-state index in [0.29, 0.717) is 4.90 Å². The van der Waals surface area contributed by atoms with Gasteiger partial charge in [0.25, 0.3) is 11.8 Å². The Labute approximate surface area is 105 Å². The van der Waals surface area contributed by atoms with Crippen LogP contribution in [0.2, 0.25) is 0 Å². The largest absolute Gasteiger partial charge is 0.274 e. The Morgan fingerprint density at radius 3 is 1.53 bits per heavy atom. The van der Waals surface area contributed by atoms with Crippen molar-refractivity contribution in [3.05, 3.63) is 34.4 Å². The summed E-state index contributed by atoms with van der Waals surface area (Å²) < 4.78 is 53.1. The minimum absolute atomic E-state index is 0.0888. The van der Waals surface area contributed by atoms with E-state index < -0.39 is 46.2 Å². The van der Waals surface area contributed by atoms with Gasteiger partial charge in [-0.25, -0.2) is 17.6 Å². The molecule has 0 atom stereocenters. The number of amides is 2. The number of rotatable bonds is 2. The summed E-state index contributed by atoms with van der Waals surface area (Å²) in [5.41, 5.74) is -2.08. The van der Waals surface area contributed by atoms with Gasteiger partial charge in [0.05, 0.1) is 11.1 Å². The quantitative estimate of drug-likeness (QED) is 0.360. The average molecular weight is 275 g/mol. The topological polar surface area (TPSA) is 37.4 Å². The molecule has 1 aromatic rings. The fourth-order valence-electron chi connectivity index (χ4n) is 1.93. The molecule has 2 rings (SSSR count). The van der Waals surface area contributed by atoms with E-state index in [1.807, 2.05) is 0 Å². The van der Waals surface area contributed by atoms with Gasteiger partial charge >= 0.3 is 0 Å². The number of hydrogen-bond donors (Lipinski definition) is 0. The highest BCUT2D eigenvalue weighted by Gasteiger charge is 2.43. The molecular formula is C12H9F4NO2. The van der Waals surface area contributed by atoms with Crippen molar-refractivity contribution >= 4 is 11.8 Å². The second-order valence-corrected chi connectivity index (χ2v) is 4.62. The predicted octanol–water partition coefficient (Wildman–Crippen LogP) is 2.50. The second kappa shape index (κ2) is 4.32. The van der Waals surface area contributed by atoms with E-state index in [2.05, 4.69) is 0 Å². The molecule has 0 aromatic heterocycles. The normalized spacial score (nSPS) is 14.6. The molecule has 0 bridgehead atoms. The average Bonchev–Trinajstić information content (AvgIpc) is 2.58. The first-order chi connectivity index (χ1) is 8.77. The molecule has 3 nitrogen and oxygen atoms in total. The number of imide groups is 1. The lowest BCUT2D eigenvalue weighted by Gasteiger charge is -2.15. The molecule has 1 heterocycles. The summed E-state index contributed by atoms with van der Waals surface area (Å²) in [4.78, 5) is 24.2. The van der Waals surface area contributed by atoms with Gasteiger partial charge in [-0.2, -0.15) is 0 Å². The lowest BCUT2D eigenvalue weighted by molar-refractivity contribution is 0.0633. The van der Waals surface area contributed by atoms with Crippen molar-refractivity contribution in [2.45, 2.75) is 13.8 Å². The Hall–Kier alpha value is -1.92. The lowest BCUT2D eigenvalue weighted by atomic mass is 10.1. The van der Waals surface area contributed by atoms with Crippen molar-refractivity contribution in [2.24, 2.45) is 5.92 Å². The third-order valence-corrected chi connectivity index (χ3v) is 2.73. The third-order valence-electron chi connectivity index (χ3n) is 2.73. The zero-order valence-corrected chi connectivity index (χ0v) is 10.1. The highest BCUT2D eigenvalue weighted by Crippen LogP contribution is 2.31. The van der Waals surface area contributed by atoms with Crippen LogP contribution in [0.25, 0.3) is 0 Å². The third kappa shape index (κ3) is 1.80. The molecule has 0 saturated heterocycles. The van der Waals surface area contributed by atoms with Crippen molar-refractivity contribution in [2.75, 3.05) is 6.54 Å². The number of benzene rings is 1. The van der Waals surface area contributed by atoms with Gasteiger partial charge < -0.3 is 0 Å². The molecular weight excluding hydrogens is 266 g/mol. The van der Waals surface area contributed by atoms with Gasteiger partial charge in [0.2, 0.25) is 0 Å². The maximum atomic E-state index is 13.5. The van der Waals surface area contributed by atoms with E-state index in [1.165, 1.54) is 0 Å². The Morgan fingerprint density at radius 1 is 0.842 bits per heavy atom. The minimum atomic E-state index is -2.09. The van der Waals surface area contributed by atoms with Crippen LogP contribution in [-0.4, -0.2) is 23.3 Å². The number of carbonyl (C=O) groups is 2. The first-order valence-corrected chi connectivity index (χ1v) is 5.49. The molecule has 0 saturated carbocycles. The van der Waals surface area contributed by atoms with E-state index in [9.17, 15) is 27.2 Å². The molecule has 0 N–H and O–H groups in total. The van der Waals surface area contributed by atoms with E-state index in [1.54, 1.807) is 13.8 Å². The van der Waals surface area contributed by atoms with Crippen molar-refractivity contribution < 1.29 is 27.2 Å². The maximum Gasteiger partial charge on any atom is 0.264 e. The van der Waals surface area contributed by atoms with Crippen LogP contribution in [0.4, 0.5) is 17.6 Å². The van der Waals surface area contributed by atoms with Crippen LogP contribution >= 0.6 is 0 Å². The first kappa shape index (κ1) is 13.5. The lowest BCUT2D eigenvalue weighted by Crippen LogP contribution is -2.33. The Morgan fingerprint density at radius 2 is 1.21 bits per heavy atom. The standard InChI is InChI=1S/C12H9F4NO2/c1-4(2)3-17-11(18)5-6(12(17)19)8(14)10(16)9(15)7(5)13/h4H,3H2,1-2H3. The number of carbonyl (C=O) groups excluding carboxylic acids is 2. The smallest absolute Gasteiger partial charge is 0.264 e. The summed E-state index contributed by atoms with van der Waals surface area (Å²) in [5, 5.41) is 0. The molecule has 0 fully saturated rings. The zero-order valence-electron chi connectivity index (χ0n) is 10.1. The minimum Gasteiger partial charge on any atom is -0.274 e. The van der Waals surface area contributed by atoms with E-state index in [4.69, 9.17) is 0 Å². The van der Waals surface area contributed by atoms with Crippen LogP contribution in [0.1, 0.15) is 34.6 Å².